The number of nitrogens with one attached hydrogen (secondary N) is 1. The third-order valence-corrected chi connectivity index (χ3v) is 2.94. The van der Waals surface area contributed by atoms with Gasteiger partial charge in [-0.1, -0.05) is 17.7 Å². The summed E-state index contributed by atoms with van der Waals surface area (Å²) in [5.41, 5.74) is 1.03. The summed E-state index contributed by atoms with van der Waals surface area (Å²) in [6.45, 7) is 2.15. The van der Waals surface area contributed by atoms with Gasteiger partial charge in [0.2, 0.25) is 0 Å². The second-order valence-corrected chi connectivity index (χ2v) is 4.22. The molecular formula is C12H17ClFN. The van der Waals surface area contributed by atoms with Gasteiger partial charge in [0.25, 0.3) is 0 Å². The van der Waals surface area contributed by atoms with Crippen LogP contribution in [0.1, 0.15) is 25.3 Å². The molecule has 0 fully saturated rings. The molecule has 0 saturated heterocycles. The fourth-order valence-electron chi connectivity index (χ4n) is 1.47. The normalized spacial score (nSPS) is 12.8. The molecule has 84 valence electrons. The molecule has 1 N–H and O–H groups in total. The van der Waals surface area contributed by atoms with Crippen LogP contribution in [0.25, 0.3) is 0 Å². The van der Waals surface area contributed by atoms with Crippen LogP contribution in [0.5, 0.6) is 0 Å². The Morgan fingerprint density at radius 3 is 2.80 bits per heavy atom. The van der Waals surface area contributed by atoms with Crippen LogP contribution in [0.2, 0.25) is 5.02 Å². The van der Waals surface area contributed by atoms with Crippen LogP contribution in [-0.4, -0.2) is 13.1 Å². The highest BCUT2D eigenvalue weighted by Gasteiger charge is 2.03. The van der Waals surface area contributed by atoms with Crippen molar-refractivity contribution in [1.29, 1.82) is 0 Å². The van der Waals surface area contributed by atoms with Gasteiger partial charge in [-0.05, 0) is 50.9 Å². The molecule has 0 aliphatic carbocycles. The van der Waals surface area contributed by atoms with Crippen molar-refractivity contribution in [3.63, 3.8) is 0 Å². The molecule has 3 heteroatoms. The van der Waals surface area contributed by atoms with Crippen molar-refractivity contribution in [3.05, 3.63) is 34.6 Å². The molecule has 1 unspecified atom stereocenters. The Morgan fingerprint density at radius 1 is 1.47 bits per heavy atom. The van der Waals surface area contributed by atoms with Crippen LogP contribution in [0.15, 0.2) is 18.2 Å². The minimum atomic E-state index is -0.271. The Kier molecular flexibility index (Phi) is 5.06. The molecule has 0 saturated carbocycles. The maximum atomic E-state index is 12.8. The van der Waals surface area contributed by atoms with E-state index in [1.807, 2.05) is 7.05 Å². The second kappa shape index (κ2) is 6.09. The van der Waals surface area contributed by atoms with Crippen LogP contribution in [0.4, 0.5) is 4.39 Å². The van der Waals surface area contributed by atoms with E-state index < -0.39 is 0 Å². The summed E-state index contributed by atoms with van der Waals surface area (Å²) in [7, 11) is 1.95. The lowest BCUT2D eigenvalue weighted by Crippen LogP contribution is -2.20. The number of hydrogen-bond donors (Lipinski definition) is 1. The fraction of sp³-hybridized carbons (Fsp3) is 0.500. The van der Waals surface area contributed by atoms with E-state index in [0.717, 1.165) is 24.8 Å². The number of halogens is 2. The van der Waals surface area contributed by atoms with Crippen LogP contribution in [-0.2, 0) is 6.42 Å². The van der Waals surface area contributed by atoms with Gasteiger partial charge in [-0.3, -0.25) is 0 Å². The summed E-state index contributed by atoms with van der Waals surface area (Å²) in [5, 5.41) is 3.72. The zero-order valence-electron chi connectivity index (χ0n) is 9.19. The summed E-state index contributed by atoms with van der Waals surface area (Å²) in [6, 6.07) is 5.12. The Labute approximate surface area is 95.6 Å². The quantitative estimate of drug-likeness (QED) is 0.816. The highest BCUT2D eigenvalue weighted by atomic mass is 35.5. The van der Waals surface area contributed by atoms with Gasteiger partial charge in [0, 0.05) is 11.1 Å². The van der Waals surface area contributed by atoms with Gasteiger partial charge in [-0.25, -0.2) is 4.39 Å². The van der Waals surface area contributed by atoms with E-state index in [-0.39, 0.29) is 5.82 Å². The molecule has 1 aromatic carbocycles. The van der Waals surface area contributed by atoms with Crippen molar-refractivity contribution < 1.29 is 4.39 Å². The van der Waals surface area contributed by atoms with E-state index in [1.165, 1.54) is 12.1 Å². The molecule has 1 atom stereocenters. The lowest BCUT2D eigenvalue weighted by molar-refractivity contribution is 0.541. The topological polar surface area (TPSA) is 12.0 Å². The lowest BCUT2D eigenvalue weighted by Gasteiger charge is -2.10. The summed E-state index contributed by atoms with van der Waals surface area (Å²) in [4.78, 5) is 0. The molecule has 0 aliphatic rings. The average molecular weight is 230 g/mol. The van der Waals surface area contributed by atoms with E-state index in [2.05, 4.69) is 12.2 Å². The molecule has 0 amide bonds. The first-order chi connectivity index (χ1) is 7.13. The van der Waals surface area contributed by atoms with Crippen molar-refractivity contribution >= 4 is 11.6 Å². The number of benzene rings is 1. The summed E-state index contributed by atoms with van der Waals surface area (Å²) in [6.07, 6.45) is 3.07. The zero-order valence-corrected chi connectivity index (χ0v) is 9.94. The highest BCUT2D eigenvalue weighted by Crippen LogP contribution is 2.19. The van der Waals surface area contributed by atoms with E-state index in [9.17, 15) is 4.39 Å². The van der Waals surface area contributed by atoms with Crippen molar-refractivity contribution in [2.24, 2.45) is 0 Å². The van der Waals surface area contributed by atoms with Crippen molar-refractivity contribution in [3.8, 4) is 0 Å². The molecule has 0 bridgehead atoms. The predicted molar refractivity (Wildman–Crippen MR) is 62.9 cm³/mol. The highest BCUT2D eigenvalue weighted by molar-refractivity contribution is 6.31. The Hall–Kier alpha value is -0.600. The molecule has 0 aromatic heterocycles. The first-order valence-corrected chi connectivity index (χ1v) is 5.62. The van der Waals surface area contributed by atoms with Gasteiger partial charge < -0.3 is 5.32 Å². The molecule has 0 spiro atoms. The molecule has 0 radical (unpaired) electrons. The monoisotopic (exact) mass is 229 g/mol. The van der Waals surface area contributed by atoms with E-state index >= 15 is 0 Å². The van der Waals surface area contributed by atoms with Gasteiger partial charge >= 0.3 is 0 Å². The molecule has 0 heterocycles. The second-order valence-electron chi connectivity index (χ2n) is 3.82. The Balaban J connectivity index is 2.44. The maximum absolute atomic E-state index is 12.8. The first kappa shape index (κ1) is 12.5. The Bertz CT molecular complexity index is 314. The van der Waals surface area contributed by atoms with Crippen LogP contribution in [0.3, 0.4) is 0 Å². The predicted octanol–water partition coefficient (Wildman–Crippen LogP) is 3.41. The molecule has 1 rings (SSSR count). The number of hydrogen-bond acceptors (Lipinski definition) is 1. The van der Waals surface area contributed by atoms with E-state index in [4.69, 9.17) is 11.6 Å². The molecular weight excluding hydrogens is 213 g/mol. The summed E-state index contributed by atoms with van der Waals surface area (Å²) >= 11 is 5.92. The molecule has 1 aromatic rings. The average Bonchev–Trinajstić information content (AvgIpc) is 2.21. The number of rotatable bonds is 5. The minimum absolute atomic E-state index is 0.271. The van der Waals surface area contributed by atoms with Crippen LogP contribution < -0.4 is 5.32 Å². The Morgan fingerprint density at radius 2 is 2.20 bits per heavy atom. The molecule has 15 heavy (non-hydrogen) atoms. The van der Waals surface area contributed by atoms with Crippen molar-refractivity contribution in [2.75, 3.05) is 7.05 Å². The largest absolute Gasteiger partial charge is 0.317 e. The smallest absolute Gasteiger partial charge is 0.124 e. The van der Waals surface area contributed by atoms with Gasteiger partial charge in [-0.2, -0.15) is 0 Å². The number of aryl methyl sites for hydroxylation is 1. The maximum Gasteiger partial charge on any atom is 0.124 e. The summed E-state index contributed by atoms with van der Waals surface area (Å²) in [5.74, 6) is -0.271. The third-order valence-electron chi connectivity index (χ3n) is 2.59. The lowest BCUT2D eigenvalue weighted by atomic mass is 10.1. The van der Waals surface area contributed by atoms with E-state index in [0.29, 0.717) is 11.1 Å². The van der Waals surface area contributed by atoms with Gasteiger partial charge in [0.1, 0.15) is 5.82 Å². The minimum Gasteiger partial charge on any atom is -0.317 e. The first-order valence-electron chi connectivity index (χ1n) is 5.24. The summed E-state index contributed by atoms with van der Waals surface area (Å²) < 4.78 is 12.8. The molecule has 1 nitrogen and oxygen atoms in total. The van der Waals surface area contributed by atoms with Crippen molar-refractivity contribution in [1.82, 2.24) is 5.32 Å². The van der Waals surface area contributed by atoms with Crippen LogP contribution in [0, 0.1) is 5.82 Å². The SMILES string of the molecule is CNC(C)CCCc1ccc(F)cc1Cl. The van der Waals surface area contributed by atoms with Crippen LogP contribution >= 0.6 is 11.6 Å². The third kappa shape index (κ3) is 4.18. The standard InChI is InChI=1S/C12H17ClFN/c1-9(15-2)4-3-5-10-6-7-11(14)8-12(10)13/h6-9,15H,3-5H2,1-2H3. The fourth-order valence-corrected chi connectivity index (χ4v) is 1.73. The molecule has 0 aliphatic heterocycles. The van der Waals surface area contributed by atoms with E-state index in [1.54, 1.807) is 6.07 Å². The van der Waals surface area contributed by atoms with Gasteiger partial charge in [0.05, 0.1) is 0 Å². The van der Waals surface area contributed by atoms with Gasteiger partial charge in [0.15, 0.2) is 0 Å². The van der Waals surface area contributed by atoms with Crippen molar-refractivity contribution in [2.45, 2.75) is 32.2 Å². The van der Waals surface area contributed by atoms with Gasteiger partial charge in [-0.15, -0.1) is 0 Å². The zero-order chi connectivity index (χ0) is 11.3.